The maximum atomic E-state index is 6.25. The summed E-state index contributed by atoms with van der Waals surface area (Å²) in [6, 6.07) is 14.2. The lowest BCUT2D eigenvalue weighted by Gasteiger charge is -2.11. The Labute approximate surface area is 124 Å². The summed E-state index contributed by atoms with van der Waals surface area (Å²) in [5.41, 5.74) is 11.2. The summed E-state index contributed by atoms with van der Waals surface area (Å²) in [6.07, 6.45) is 0. The molecule has 0 saturated carbocycles. The van der Waals surface area contributed by atoms with Gasteiger partial charge in [-0.3, -0.25) is 0 Å². The van der Waals surface area contributed by atoms with Gasteiger partial charge < -0.3 is 15.0 Å². The van der Waals surface area contributed by atoms with Crippen LogP contribution in [0.5, 0.6) is 0 Å². The van der Waals surface area contributed by atoms with Crippen molar-refractivity contribution in [3.8, 4) is 11.4 Å². The molecule has 0 fully saturated rings. The molecule has 1 heterocycles. The Morgan fingerprint density at radius 2 is 1.95 bits per heavy atom. The van der Waals surface area contributed by atoms with Gasteiger partial charge in [-0.25, -0.2) is 4.98 Å². The van der Waals surface area contributed by atoms with Gasteiger partial charge in [-0.15, -0.1) is 0 Å². The van der Waals surface area contributed by atoms with Crippen LogP contribution in [0.15, 0.2) is 42.5 Å². The smallest absolute Gasteiger partial charge is 0.143 e. The molecule has 4 nitrogen and oxygen atoms in total. The lowest BCUT2D eigenvalue weighted by atomic mass is 10.1. The summed E-state index contributed by atoms with van der Waals surface area (Å²) in [7, 11) is 1.71. The van der Waals surface area contributed by atoms with Crippen LogP contribution < -0.4 is 5.73 Å². The van der Waals surface area contributed by atoms with Gasteiger partial charge in [-0.1, -0.05) is 24.3 Å². The molecule has 0 amide bonds. The second-order valence-corrected chi connectivity index (χ2v) is 5.10. The highest BCUT2D eigenvalue weighted by Gasteiger charge is 2.14. The van der Waals surface area contributed by atoms with Gasteiger partial charge in [0.05, 0.1) is 17.6 Å². The monoisotopic (exact) mass is 281 g/mol. The van der Waals surface area contributed by atoms with Gasteiger partial charge in [0.25, 0.3) is 0 Å². The summed E-state index contributed by atoms with van der Waals surface area (Å²) < 4.78 is 7.40. The van der Waals surface area contributed by atoms with Crippen molar-refractivity contribution in [2.45, 2.75) is 13.5 Å². The molecule has 1 aromatic heterocycles. The van der Waals surface area contributed by atoms with Crippen molar-refractivity contribution in [1.29, 1.82) is 0 Å². The van der Waals surface area contributed by atoms with Crippen LogP contribution in [0.3, 0.4) is 0 Å². The summed E-state index contributed by atoms with van der Waals surface area (Å²) in [5.74, 6) is 0.898. The largest absolute Gasteiger partial charge is 0.398 e. The molecule has 108 valence electrons. The molecule has 2 N–H and O–H groups in total. The molecule has 0 aliphatic carbocycles. The third-order valence-corrected chi connectivity index (χ3v) is 3.74. The first-order chi connectivity index (χ1) is 10.2. The van der Waals surface area contributed by atoms with E-state index < -0.39 is 0 Å². The topological polar surface area (TPSA) is 53.1 Å². The molecule has 0 saturated heterocycles. The molecule has 3 rings (SSSR count). The standard InChI is InChI=1S/C17H19N3O/c1-12-6-5-7-13(16(12)18)17-19-14-8-3-4-9-15(14)20(17)10-11-21-2/h3-9H,10-11,18H2,1-2H3. The minimum Gasteiger partial charge on any atom is -0.398 e. The Balaban J connectivity index is 2.23. The SMILES string of the molecule is COCCn1c(-c2cccc(C)c2N)nc2ccccc21. The molecular weight excluding hydrogens is 262 g/mol. The van der Waals surface area contributed by atoms with E-state index in [4.69, 9.17) is 15.5 Å². The van der Waals surface area contributed by atoms with E-state index in [9.17, 15) is 0 Å². The first-order valence-electron chi connectivity index (χ1n) is 7.02. The van der Waals surface area contributed by atoms with Gasteiger partial charge in [0.15, 0.2) is 0 Å². The zero-order chi connectivity index (χ0) is 14.8. The number of methoxy groups -OCH3 is 1. The lowest BCUT2D eigenvalue weighted by Crippen LogP contribution is -2.07. The van der Waals surface area contributed by atoms with Crippen molar-refractivity contribution in [2.75, 3.05) is 19.5 Å². The molecule has 4 heteroatoms. The fraction of sp³-hybridized carbons (Fsp3) is 0.235. The van der Waals surface area contributed by atoms with Crippen molar-refractivity contribution in [2.24, 2.45) is 0 Å². The molecular formula is C17H19N3O. The van der Waals surface area contributed by atoms with Crippen LogP contribution in [0.2, 0.25) is 0 Å². The van der Waals surface area contributed by atoms with Crippen LogP contribution >= 0.6 is 0 Å². The zero-order valence-electron chi connectivity index (χ0n) is 12.3. The number of hydrogen-bond donors (Lipinski definition) is 1. The molecule has 3 aromatic rings. The van der Waals surface area contributed by atoms with Gasteiger partial charge in [0, 0.05) is 24.9 Å². The van der Waals surface area contributed by atoms with Gasteiger partial charge in [0.1, 0.15) is 5.82 Å². The summed E-state index contributed by atoms with van der Waals surface area (Å²) >= 11 is 0. The van der Waals surface area contributed by atoms with E-state index in [1.807, 2.05) is 43.3 Å². The number of aromatic nitrogens is 2. The number of imidazole rings is 1. The van der Waals surface area contributed by atoms with E-state index in [1.54, 1.807) is 7.11 Å². The molecule has 21 heavy (non-hydrogen) atoms. The predicted molar refractivity (Wildman–Crippen MR) is 86.2 cm³/mol. The predicted octanol–water partition coefficient (Wildman–Crippen LogP) is 3.24. The fourth-order valence-corrected chi connectivity index (χ4v) is 2.57. The van der Waals surface area contributed by atoms with Gasteiger partial charge >= 0.3 is 0 Å². The number of nitrogens with two attached hydrogens (primary N) is 1. The first kappa shape index (κ1) is 13.6. The molecule has 0 atom stereocenters. The average Bonchev–Trinajstić information content (AvgIpc) is 2.86. The average molecular weight is 281 g/mol. The lowest BCUT2D eigenvalue weighted by molar-refractivity contribution is 0.188. The van der Waals surface area contributed by atoms with E-state index >= 15 is 0 Å². The number of benzene rings is 2. The third kappa shape index (κ3) is 2.38. The normalized spacial score (nSPS) is 11.1. The van der Waals surface area contributed by atoms with Crippen LogP contribution in [0.4, 0.5) is 5.69 Å². The first-order valence-corrected chi connectivity index (χ1v) is 7.02. The van der Waals surface area contributed by atoms with Gasteiger partial charge in [-0.2, -0.15) is 0 Å². The molecule has 2 aromatic carbocycles. The van der Waals surface area contributed by atoms with Crippen LogP contribution in [-0.2, 0) is 11.3 Å². The quantitative estimate of drug-likeness (QED) is 0.747. The van der Waals surface area contributed by atoms with Crippen molar-refractivity contribution in [3.63, 3.8) is 0 Å². The van der Waals surface area contributed by atoms with E-state index in [1.165, 1.54) is 0 Å². The number of nitrogen functional groups attached to an aromatic ring is 1. The van der Waals surface area contributed by atoms with Crippen LogP contribution in [-0.4, -0.2) is 23.3 Å². The number of rotatable bonds is 4. The van der Waals surface area contributed by atoms with Crippen molar-refractivity contribution >= 4 is 16.7 Å². The number of fused-ring (bicyclic) bond motifs is 1. The zero-order valence-corrected chi connectivity index (χ0v) is 12.3. The molecule has 0 radical (unpaired) electrons. The summed E-state index contributed by atoms with van der Waals surface area (Å²) in [6.45, 7) is 3.40. The Hall–Kier alpha value is -2.33. The molecule has 0 spiro atoms. The maximum Gasteiger partial charge on any atom is 0.143 e. The van der Waals surface area contributed by atoms with E-state index in [0.29, 0.717) is 6.61 Å². The van der Waals surface area contributed by atoms with E-state index in [0.717, 1.165) is 40.2 Å². The number of anilines is 1. The molecule has 0 aliphatic heterocycles. The fourth-order valence-electron chi connectivity index (χ4n) is 2.57. The summed E-state index contributed by atoms with van der Waals surface area (Å²) in [4.78, 5) is 4.77. The van der Waals surface area contributed by atoms with E-state index in [2.05, 4.69) is 10.6 Å². The molecule has 0 bridgehead atoms. The second kappa shape index (κ2) is 5.58. The van der Waals surface area contributed by atoms with Crippen LogP contribution in [0.1, 0.15) is 5.56 Å². The number of para-hydroxylation sites is 3. The molecule has 0 aliphatic rings. The Morgan fingerprint density at radius 3 is 2.76 bits per heavy atom. The van der Waals surface area contributed by atoms with Gasteiger partial charge in [-0.05, 0) is 30.7 Å². The van der Waals surface area contributed by atoms with Crippen LogP contribution in [0, 0.1) is 6.92 Å². The Morgan fingerprint density at radius 1 is 1.14 bits per heavy atom. The van der Waals surface area contributed by atoms with E-state index in [-0.39, 0.29) is 0 Å². The molecule has 0 unspecified atom stereocenters. The Kier molecular flexibility index (Phi) is 3.62. The number of hydrogen-bond acceptors (Lipinski definition) is 3. The van der Waals surface area contributed by atoms with Crippen molar-refractivity contribution < 1.29 is 4.74 Å². The third-order valence-electron chi connectivity index (χ3n) is 3.74. The number of nitrogens with zero attached hydrogens (tertiary/aromatic N) is 2. The van der Waals surface area contributed by atoms with Crippen LogP contribution in [0.25, 0.3) is 22.4 Å². The van der Waals surface area contributed by atoms with Crippen molar-refractivity contribution in [1.82, 2.24) is 9.55 Å². The number of aryl methyl sites for hydroxylation is 1. The van der Waals surface area contributed by atoms with Crippen molar-refractivity contribution in [3.05, 3.63) is 48.0 Å². The maximum absolute atomic E-state index is 6.25. The minimum absolute atomic E-state index is 0.638. The minimum atomic E-state index is 0.638. The Bertz CT molecular complexity index is 777. The van der Waals surface area contributed by atoms with Gasteiger partial charge in [0.2, 0.25) is 0 Å². The highest BCUT2D eigenvalue weighted by Crippen LogP contribution is 2.30. The second-order valence-electron chi connectivity index (χ2n) is 5.10. The number of ether oxygens (including phenoxy) is 1. The highest BCUT2D eigenvalue weighted by atomic mass is 16.5. The highest BCUT2D eigenvalue weighted by molar-refractivity contribution is 5.84. The summed E-state index contributed by atoms with van der Waals surface area (Å²) in [5, 5.41) is 0.